The van der Waals surface area contributed by atoms with Crippen molar-refractivity contribution in [3.63, 3.8) is 0 Å². The molecular formula is C21H20N6O2. The number of rotatable bonds is 8. The van der Waals surface area contributed by atoms with E-state index in [0.717, 1.165) is 22.5 Å². The standard InChI is InChI=1S/C21H20N6O2/c1-28-21-11-17(5-6-20(21)29-14-16-7-9-22-10-8-16)13-23-18-3-2-4-19(12-18)27-15-24-25-26-27/h2-12,15,23H,13-14H2,1H3. The molecule has 0 saturated heterocycles. The zero-order chi connectivity index (χ0) is 19.9. The highest BCUT2D eigenvalue weighted by Crippen LogP contribution is 2.29. The normalized spacial score (nSPS) is 10.5. The van der Waals surface area contributed by atoms with Crippen molar-refractivity contribution in [3.8, 4) is 17.2 Å². The van der Waals surface area contributed by atoms with E-state index < -0.39 is 0 Å². The lowest BCUT2D eigenvalue weighted by molar-refractivity contribution is 0.284. The zero-order valence-corrected chi connectivity index (χ0v) is 15.9. The van der Waals surface area contributed by atoms with Crippen LogP contribution in [0.3, 0.4) is 0 Å². The fourth-order valence-electron chi connectivity index (χ4n) is 2.82. The minimum absolute atomic E-state index is 0.459. The summed E-state index contributed by atoms with van der Waals surface area (Å²) in [4.78, 5) is 4.01. The molecule has 2 aromatic carbocycles. The van der Waals surface area contributed by atoms with Crippen molar-refractivity contribution in [2.75, 3.05) is 12.4 Å². The van der Waals surface area contributed by atoms with Crippen LogP contribution in [0.5, 0.6) is 11.5 Å². The lowest BCUT2D eigenvalue weighted by atomic mass is 10.2. The van der Waals surface area contributed by atoms with Gasteiger partial charge in [0.2, 0.25) is 0 Å². The quantitative estimate of drug-likeness (QED) is 0.496. The van der Waals surface area contributed by atoms with Gasteiger partial charge in [0.05, 0.1) is 12.8 Å². The number of ether oxygens (including phenoxy) is 2. The average Bonchev–Trinajstić information content (AvgIpc) is 3.32. The van der Waals surface area contributed by atoms with Crippen molar-refractivity contribution in [1.82, 2.24) is 25.2 Å². The van der Waals surface area contributed by atoms with Gasteiger partial charge in [0.15, 0.2) is 11.5 Å². The molecule has 8 heteroatoms. The Kier molecular flexibility index (Phi) is 5.61. The van der Waals surface area contributed by atoms with Crippen molar-refractivity contribution in [1.29, 1.82) is 0 Å². The number of anilines is 1. The highest BCUT2D eigenvalue weighted by atomic mass is 16.5. The fourth-order valence-corrected chi connectivity index (χ4v) is 2.82. The zero-order valence-electron chi connectivity index (χ0n) is 15.9. The number of pyridine rings is 1. The molecule has 2 heterocycles. The van der Waals surface area contributed by atoms with Crippen molar-refractivity contribution in [3.05, 3.63) is 84.4 Å². The van der Waals surface area contributed by atoms with Gasteiger partial charge in [-0.3, -0.25) is 4.98 Å². The first kappa shape index (κ1) is 18.4. The van der Waals surface area contributed by atoms with E-state index in [1.807, 2.05) is 54.6 Å². The summed E-state index contributed by atoms with van der Waals surface area (Å²) in [6.07, 6.45) is 5.06. The van der Waals surface area contributed by atoms with Gasteiger partial charge >= 0.3 is 0 Å². The molecule has 0 spiro atoms. The Balaban J connectivity index is 1.41. The van der Waals surface area contributed by atoms with E-state index in [4.69, 9.17) is 9.47 Å². The van der Waals surface area contributed by atoms with Gasteiger partial charge in [0.25, 0.3) is 0 Å². The summed E-state index contributed by atoms with van der Waals surface area (Å²) < 4.78 is 13.0. The molecule has 2 aromatic heterocycles. The highest BCUT2D eigenvalue weighted by molar-refractivity contribution is 5.51. The molecule has 0 saturated carbocycles. The Morgan fingerprint density at radius 3 is 2.66 bits per heavy atom. The van der Waals surface area contributed by atoms with Crippen LogP contribution in [0.15, 0.2) is 73.3 Å². The first-order valence-electron chi connectivity index (χ1n) is 9.08. The van der Waals surface area contributed by atoms with Gasteiger partial charge in [-0.2, -0.15) is 0 Å². The van der Waals surface area contributed by atoms with E-state index in [9.17, 15) is 0 Å². The van der Waals surface area contributed by atoms with Crippen LogP contribution in [0.25, 0.3) is 5.69 Å². The molecule has 0 aliphatic carbocycles. The van der Waals surface area contributed by atoms with Crippen LogP contribution in [-0.2, 0) is 13.2 Å². The number of benzene rings is 2. The molecule has 29 heavy (non-hydrogen) atoms. The molecule has 0 amide bonds. The third-order valence-electron chi connectivity index (χ3n) is 4.33. The number of hydrogen-bond donors (Lipinski definition) is 1. The topological polar surface area (TPSA) is 87.0 Å². The van der Waals surface area contributed by atoms with Crippen LogP contribution in [-0.4, -0.2) is 32.3 Å². The van der Waals surface area contributed by atoms with E-state index >= 15 is 0 Å². The van der Waals surface area contributed by atoms with Crippen LogP contribution < -0.4 is 14.8 Å². The van der Waals surface area contributed by atoms with Gasteiger partial charge < -0.3 is 14.8 Å². The van der Waals surface area contributed by atoms with Crippen LogP contribution >= 0.6 is 0 Å². The van der Waals surface area contributed by atoms with Crippen molar-refractivity contribution >= 4 is 5.69 Å². The van der Waals surface area contributed by atoms with Crippen LogP contribution in [0.2, 0.25) is 0 Å². The molecule has 0 unspecified atom stereocenters. The summed E-state index contributed by atoms with van der Waals surface area (Å²) >= 11 is 0. The number of nitrogens with one attached hydrogen (secondary N) is 1. The lowest BCUT2D eigenvalue weighted by Crippen LogP contribution is -2.03. The number of nitrogens with zero attached hydrogens (tertiary/aromatic N) is 5. The molecule has 146 valence electrons. The second-order valence-corrected chi connectivity index (χ2v) is 6.29. The summed E-state index contributed by atoms with van der Waals surface area (Å²) in [6, 6.07) is 17.6. The fraction of sp³-hybridized carbons (Fsp3) is 0.143. The molecule has 4 rings (SSSR count). The van der Waals surface area contributed by atoms with E-state index in [1.165, 1.54) is 0 Å². The second-order valence-electron chi connectivity index (χ2n) is 6.29. The first-order chi connectivity index (χ1) is 14.3. The monoisotopic (exact) mass is 388 g/mol. The van der Waals surface area contributed by atoms with Gasteiger partial charge in [-0.25, -0.2) is 4.68 Å². The summed E-state index contributed by atoms with van der Waals surface area (Å²) in [5.41, 5.74) is 3.98. The smallest absolute Gasteiger partial charge is 0.161 e. The third-order valence-corrected chi connectivity index (χ3v) is 4.33. The first-order valence-corrected chi connectivity index (χ1v) is 9.08. The van der Waals surface area contributed by atoms with E-state index in [1.54, 1.807) is 30.5 Å². The van der Waals surface area contributed by atoms with Crippen molar-refractivity contribution in [2.24, 2.45) is 0 Å². The van der Waals surface area contributed by atoms with Gasteiger partial charge in [-0.15, -0.1) is 5.10 Å². The highest BCUT2D eigenvalue weighted by Gasteiger charge is 2.07. The second kappa shape index (κ2) is 8.83. The molecule has 0 fully saturated rings. The van der Waals surface area contributed by atoms with Gasteiger partial charge in [0, 0.05) is 24.6 Å². The predicted octanol–water partition coefficient (Wildman–Crippen LogP) is 3.26. The number of aromatic nitrogens is 5. The van der Waals surface area contributed by atoms with E-state index in [2.05, 4.69) is 25.8 Å². The average molecular weight is 388 g/mol. The van der Waals surface area contributed by atoms with Crippen LogP contribution in [0.1, 0.15) is 11.1 Å². The maximum Gasteiger partial charge on any atom is 0.161 e. The molecule has 0 aliphatic heterocycles. The molecule has 0 atom stereocenters. The molecule has 8 nitrogen and oxygen atoms in total. The van der Waals surface area contributed by atoms with Crippen LogP contribution in [0, 0.1) is 0 Å². The Hall–Kier alpha value is -3.94. The van der Waals surface area contributed by atoms with E-state index in [-0.39, 0.29) is 0 Å². The molecular weight excluding hydrogens is 368 g/mol. The lowest BCUT2D eigenvalue weighted by Gasteiger charge is -2.13. The Morgan fingerprint density at radius 2 is 1.86 bits per heavy atom. The Labute approximate surface area is 168 Å². The minimum Gasteiger partial charge on any atom is -0.493 e. The van der Waals surface area contributed by atoms with Crippen molar-refractivity contribution in [2.45, 2.75) is 13.2 Å². The van der Waals surface area contributed by atoms with Gasteiger partial charge in [-0.05, 0) is 64.0 Å². The summed E-state index contributed by atoms with van der Waals surface area (Å²) in [6.45, 7) is 1.10. The van der Waals surface area contributed by atoms with Gasteiger partial charge in [-0.1, -0.05) is 12.1 Å². The van der Waals surface area contributed by atoms with Crippen molar-refractivity contribution < 1.29 is 9.47 Å². The van der Waals surface area contributed by atoms with Crippen LogP contribution in [0.4, 0.5) is 5.69 Å². The Morgan fingerprint density at radius 1 is 0.966 bits per heavy atom. The summed E-state index contributed by atoms with van der Waals surface area (Å²) in [5.74, 6) is 1.40. The third kappa shape index (κ3) is 4.67. The molecule has 0 bridgehead atoms. The maximum absolute atomic E-state index is 5.89. The maximum atomic E-state index is 5.89. The van der Waals surface area contributed by atoms with Gasteiger partial charge in [0.1, 0.15) is 12.9 Å². The molecule has 0 radical (unpaired) electrons. The molecule has 0 aliphatic rings. The number of tetrazole rings is 1. The summed E-state index contributed by atoms with van der Waals surface area (Å²) in [7, 11) is 1.64. The largest absolute Gasteiger partial charge is 0.493 e. The number of methoxy groups -OCH3 is 1. The summed E-state index contributed by atoms with van der Waals surface area (Å²) in [5, 5.41) is 14.7. The Bertz CT molecular complexity index is 1050. The SMILES string of the molecule is COc1cc(CNc2cccc(-n3cnnn3)c2)ccc1OCc1ccncc1. The molecule has 4 aromatic rings. The predicted molar refractivity (Wildman–Crippen MR) is 108 cm³/mol. The minimum atomic E-state index is 0.459. The number of hydrogen-bond acceptors (Lipinski definition) is 7. The van der Waals surface area contributed by atoms with E-state index in [0.29, 0.717) is 24.7 Å². The molecule has 1 N–H and O–H groups in total.